The smallest absolute Gasteiger partial charge is 0.0947 e. The lowest BCUT2D eigenvalue weighted by molar-refractivity contribution is 0.118. The van der Waals surface area contributed by atoms with Crippen LogP contribution in [0, 0.1) is 5.92 Å². The van der Waals surface area contributed by atoms with Crippen molar-refractivity contribution in [1.29, 1.82) is 0 Å². The van der Waals surface area contributed by atoms with Crippen molar-refractivity contribution < 1.29 is 4.42 Å². The van der Waals surface area contributed by atoms with Gasteiger partial charge in [0.05, 0.1) is 12.5 Å². The zero-order valence-corrected chi connectivity index (χ0v) is 11.0. The molecule has 1 aromatic heterocycles. The summed E-state index contributed by atoms with van der Waals surface area (Å²) in [5.41, 5.74) is 7.49. The fraction of sp³-hybridized carbons (Fsp3) is 0.714. The molecule has 2 atom stereocenters. The Kier molecular flexibility index (Phi) is 3.89. The molecule has 3 nitrogen and oxygen atoms in total. The summed E-state index contributed by atoms with van der Waals surface area (Å²) in [5.74, 6) is 0.852. The molecule has 3 heteroatoms. The van der Waals surface area contributed by atoms with Crippen molar-refractivity contribution in [3.63, 3.8) is 0 Å². The highest BCUT2D eigenvalue weighted by Gasteiger charge is 2.40. The van der Waals surface area contributed by atoms with E-state index in [1.54, 1.807) is 6.26 Å². The standard InChI is InChI=1S/C14H24N2O/c1-3-12-4-6-14(8-12,11-15)16(2)9-13-5-7-17-10-13/h5,7,10,12H,3-4,6,8-9,11,15H2,1-2H3. The van der Waals surface area contributed by atoms with E-state index in [9.17, 15) is 0 Å². The van der Waals surface area contributed by atoms with Crippen LogP contribution in [0.15, 0.2) is 23.0 Å². The van der Waals surface area contributed by atoms with E-state index in [1.165, 1.54) is 31.2 Å². The summed E-state index contributed by atoms with van der Waals surface area (Å²) in [4.78, 5) is 2.42. The third kappa shape index (κ3) is 2.55. The average Bonchev–Trinajstić information content (AvgIpc) is 2.97. The minimum atomic E-state index is 0.206. The summed E-state index contributed by atoms with van der Waals surface area (Å²) in [6.07, 6.45) is 8.64. The van der Waals surface area contributed by atoms with Gasteiger partial charge in [0.15, 0.2) is 0 Å². The molecule has 0 aromatic carbocycles. The summed E-state index contributed by atoms with van der Waals surface area (Å²) in [7, 11) is 2.19. The molecule has 2 N–H and O–H groups in total. The van der Waals surface area contributed by atoms with Gasteiger partial charge in [-0.3, -0.25) is 4.90 Å². The third-order valence-electron chi connectivity index (χ3n) is 4.45. The Hall–Kier alpha value is -0.800. The number of furan rings is 1. The largest absolute Gasteiger partial charge is 0.472 e. The lowest BCUT2D eigenvalue weighted by atomic mass is 9.93. The molecule has 1 saturated carbocycles. The molecule has 0 aliphatic heterocycles. The molecule has 0 bridgehead atoms. The van der Waals surface area contributed by atoms with Gasteiger partial charge in [0.25, 0.3) is 0 Å². The second-order valence-corrected chi connectivity index (χ2v) is 5.43. The molecule has 1 heterocycles. The predicted octanol–water partition coefficient (Wildman–Crippen LogP) is 2.62. The van der Waals surface area contributed by atoms with Crippen molar-refractivity contribution in [1.82, 2.24) is 4.90 Å². The van der Waals surface area contributed by atoms with Gasteiger partial charge in [-0.15, -0.1) is 0 Å². The Morgan fingerprint density at radius 2 is 2.41 bits per heavy atom. The van der Waals surface area contributed by atoms with Gasteiger partial charge in [-0.05, 0) is 38.3 Å². The van der Waals surface area contributed by atoms with Crippen molar-refractivity contribution in [2.24, 2.45) is 11.7 Å². The van der Waals surface area contributed by atoms with E-state index in [4.69, 9.17) is 10.2 Å². The highest BCUT2D eigenvalue weighted by atomic mass is 16.3. The molecule has 1 aliphatic rings. The Labute approximate surface area is 104 Å². The Bertz CT molecular complexity index is 336. The average molecular weight is 236 g/mol. The molecule has 1 aromatic rings. The molecule has 1 fully saturated rings. The topological polar surface area (TPSA) is 42.4 Å². The van der Waals surface area contributed by atoms with E-state index < -0.39 is 0 Å². The first-order valence-electron chi connectivity index (χ1n) is 6.62. The second kappa shape index (κ2) is 5.23. The van der Waals surface area contributed by atoms with Crippen LogP contribution in [0.1, 0.15) is 38.2 Å². The molecule has 96 valence electrons. The third-order valence-corrected chi connectivity index (χ3v) is 4.45. The van der Waals surface area contributed by atoms with Gasteiger partial charge in [-0.1, -0.05) is 13.3 Å². The van der Waals surface area contributed by atoms with Crippen LogP contribution in [0.2, 0.25) is 0 Å². The first-order valence-corrected chi connectivity index (χ1v) is 6.62. The van der Waals surface area contributed by atoms with Crippen LogP contribution in [-0.4, -0.2) is 24.0 Å². The van der Waals surface area contributed by atoms with Gasteiger partial charge < -0.3 is 10.2 Å². The van der Waals surface area contributed by atoms with Gasteiger partial charge in [0.1, 0.15) is 0 Å². The molecule has 1 aliphatic carbocycles. The number of nitrogens with zero attached hydrogens (tertiary/aromatic N) is 1. The summed E-state index contributed by atoms with van der Waals surface area (Å²) in [5, 5.41) is 0. The second-order valence-electron chi connectivity index (χ2n) is 5.43. The highest BCUT2D eigenvalue weighted by Crippen LogP contribution is 2.39. The van der Waals surface area contributed by atoms with E-state index in [0.717, 1.165) is 19.0 Å². The van der Waals surface area contributed by atoms with Gasteiger partial charge in [0, 0.05) is 24.2 Å². The number of likely N-dealkylation sites (N-methyl/N-ethyl adjacent to an activating group) is 1. The minimum Gasteiger partial charge on any atom is -0.472 e. The van der Waals surface area contributed by atoms with E-state index in [2.05, 4.69) is 18.9 Å². The normalized spacial score (nSPS) is 29.1. The van der Waals surface area contributed by atoms with Crippen LogP contribution in [0.5, 0.6) is 0 Å². The van der Waals surface area contributed by atoms with E-state index in [1.807, 2.05) is 12.3 Å². The maximum absolute atomic E-state index is 6.05. The number of hydrogen-bond donors (Lipinski definition) is 1. The zero-order valence-electron chi connectivity index (χ0n) is 11.0. The van der Waals surface area contributed by atoms with Crippen molar-refractivity contribution in [3.8, 4) is 0 Å². The quantitative estimate of drug-likeness (QED) is 0.854. The lowest BCUT2D eigenvalue weighted by Gasteiger charge is -2.38. The van der Waals surface area contributed by atoms with Gasteiger partial charge >= 0.3 is 0 Å². The maximum Gasteiger partial charge on any atom is 0.0947 e. The molecule has 0 spiro atoms. The number of nitrogens with two attached hydrogens (primary N) is 1. The summed E-state index contributed by atoms with van der Waals surface area (Å²) >= 11 is 0. The van der Waals surface area contributed by atoms with Crippen LogP contribution in [0.25, 0.3) is 0 Å². The summed E-state index contributed by atoms with van der Waals surface area (Å²) in [6.45, 7) is 3.98. The van der Waals surface area contributed by atoms with Crippen LogP contribution < -0.4 is 5.73 Å². The molecule has 2 unspecified atom stereocenters. The number of hydrogen-bond acceptors (Lipinski definition) is 3. The monoisotopic (exact) mass is 236 g/mol. The van der Waals surface area contributed by atoms with Crippen molar-refractivity contribution in [2.75, 3.05) is 13.6 Å². The van der Waals surface area contributed by atoms with Gasteiger partial charge in [0.2, 0.25) is 0 Å². The first-order chi connectivity index (χ1) is 8.20. The van der Waals surface area contributed by atoms with Crippen LogP contribution in [-0.2, 0) is 6.54 Å². The molecular weight excluding hydrogens is 212 g/mol. The van der Waals surface area contributed by atoms with Crippen LogP contribution >= 0.6 is 0 Å². The fourth-order valence-electron chi connectivity index (χ4n) is 3.07. The van der Waals surface area contributed by atoms with E-state index >= 15 is 0 Å². The Balaban J connectivity index is 2.03. The van der Waals surface area contributed by atoms with Crippen molar-refractivity contribution >= 4 is 0 Å². The lowest BCUT2D eigenvalue weighted by Crippen LogP contribution is -2.49. The molecule has 0 amide bonds. The Morgan fingerprint density at radius 1 is 1.59 bits per heavy atom. The van der Waals surface area contributed by atoms with Crippen molar-refractivity contribution in [3.05, 3.63) is 24.2 Å². The SMILES string of the molecule is CCC1CCC(CN)(N(C)Cc2ccoc2)C1. The fourth-order valence-corrected chi connectivity index (χ4v) is 3.07. The maximum atomic E-state index is 6.05. The van der Waals surface area contributed by atoms with Crippen LogP contribution in [0.3, 0.4) is 0 Å². The Morgan fingerprint density at radius 3 is 2.94 bits per heavy atom. The summed E-state index contributed by atoms with van der Waals surface area (Å²) in [6, 6.07) is 2.03. The van der Waals surface area contributed by atoms with E-state index in [-0.39, 0.29) is 5.54 Å². The molecule has 0 saturated heterocycles. The van der Waals surface area contributed by atoms with Crippen LogP contribution in [0.4, 0.5) is 0 Å². The summed E-state index contributed by atoms with van der Waals surface area (Å²) < 4.78 is 5.13. The predicted molar refractivity (Wildman–Crippen MR) is 69.6 cm³/mol. The van der Waals surface area contributed by atoms with Gasteiger partial charge in [-0.25, -0.2) is 0 Å². The molecule has 17 heavy (non-hydrogen) atoms. The molecule has 2 rings (SSSR count). The van der Waals surface area contributed by atoms with Gasteiger partial charge in [-0.2, -0.15) is 0 Å². The number of rotatable bonds is 5. The molecule has 0 radical (unpaired) electrons. The van der Waals surface area contributed by atoms with E-state index in [0.29, 0.717) is 0 Å². The highest BCUT2D eigenvalue weighted by molar-refractivity contribution is 5.07. The minimum absolute atomic E-state index is 0.206. The van der Waals surface area contributed by atoms with Crippen molar-refractivity contribution in [2.45, 2.75) is 44.7 Å². The molecular formula is C14H24N2O. The first kappa shape index (κ1) is 12.7. The zero-order chi connectivity index (χ0) is 12.3.